The van der Waals surface area contributed by atoms with E-state index in [4.69, 9.17) is 28.9 Å². The molecule has 0 fully saturated rings. The molecule has 6 nitrogen and oxygen atoms in total. The summed E-state index contributed by atoms with van der Waals surface area (Å²) in [6.45, 7) is 0. The number of hydrogen-bond acceptors (Lipinski definition) is 4. The molecule has 0 saturated heterocycles. The summed E-state index contributed by atoms with van der Waals surface area (Å²) >= 11 is 11.6. The third kappa shape index (κ3) is 3.24. The summed E-state index contributed by atoms with van der Waals surface area (Å²) in [6, 6.07) is 8.56. The van der Waals surface area contributed by atoms with E-state index < -0.39 is 10.8 Å². The number of amides is 1. The quantitative estimate of drug-likeness (QED) is 0.510. The highest BCUT2D eigenvalue weighted by Crippen LogP contribution is 2.27. The van der Waals surface area contributed by atoms with Crippen LogP contribution in [0.15, 0.2) is 36.4 Å². The summed E-state index contributed by atoms with van der Waals surface area (Å²) in [5, 5.41) is 14.0. The molecule has 1 amide bonds. The van der Waals surface area contributed by atoms with E-state index >= 15 is 0 Å². The number of rotatable bonds is 3. The first kappa shape index (κ1) is 15.1. The van der Waals surface area contributed by atoms with Gasteiger partial charge >= 0.3 is 0 Å². The molecule has 0 aliphatic rings. The van der Waals surface area contributed by atoms with Gasteiger partial charge in [-0.1, -0.05) is 29.3 Å². The highest BCUT2D eigenvalue weighted by molar-refractivity contribution is 6.42. The Bertz CT molecular complexity index is 735. The lowest BCUT2D eigenvalue weighted by Crippen LogP contribution is -2.14. The maximum absolute atomic E-state index is 12.1. The molecule has 2 aromatic rings. The second-order valence-electron chi connectivity index (χ2n) is 4.08. The lowest BCUT2D eigenvalue weighted by atomic mass is 10.1. The van der Waals surface area contributed by atoms with Crippen molar-refractivity contribution < 1.29 is 9.72 Å². The number of nitro benzene ring substituents is 1. The molecule has 0 spiro atoms. The number of carbonyl (C=O) groups is 1. The minimum absolute atomic E-state index is 0.00951. The summed E-state index contributed by atoms with van der Waals surface area (Å²) in [6.07, 6.45) is 0. The van der Waals surface area contributed by atoms with Crippen LogP contribution in [-0.2, 0) is 0 Å². The first-order chi connectivity index (χ1) is 9.90. The number of hydrogen-bond donors (Lipinski definition) is 2. The fraction of sp³-hybridized carbons (Fsp3) is 0. The average molecular weight is 326 g/mol. The van der Waals surface area contributed by atoms with Crippen LogP contribution in [0.1, 0.15) is 10.4 Å². The Labute approximate surface area is 129 Å². The minimum Gasteiger partial charge on any atom is -0.393 e. The molecule has 0 atom stereocenters. The molecule has 0 heterocycles. The van der Waals surface area contributed by atoms with Gasteiger partial charge in [0.1, 0.15) is 5.69 Å². The molecule has 108 valence electrons. The molecular weight excluding hydrogens is 317 g/mol. The molecule has 0 aromatic heterocycles. The summed E-state index contributed by atoms with van der Waals surface area (Å²) in [5.41, 5.74) is 5.54. The van der Waals surface area contributed by atoms with Crippen LogP contribution in [0, 0.1) is 10.1 Å². The van der Waals surface area contributed by atoms with Crippen LogP contribution in [0.4, 0.5) is 17.1 Å². The maximum atomic E-state index is 12.1. The lowest BCUT2D eigenvalue weighted by molar-refractivity contribution is -0.383. The molecule has 8 heteroatoms. The molecule has 21 heavy (non-hydrogen) atoms. The van der Waals surface area contributed by atoms with Crippen LogP contribution in [0.2, 0.25) is 10.0 Å². The van der Waals surface area contributed by atoms with Gasteiger partial charge in [0.25, 0.3) is 11.6 Å². The summed E-state index contributed by atoms with van der Waals surface area (Å²) in [4.78, 5) is 22.3. The number of nitrogens with zero attached hydrogens (tertiary/aromatic N) is 1. The van der Waals surface area contributed by atoms with Crippen LogP contribution in [0.3, 0.4) is 0 Å². The zero-order valence-electron chi connectivity index (χ0n) is 10.5. The lowest BCUT2D eigenvalue weighted by Gasteiger charge is -2.08. The second kappa shape index (κ2) is 5.99. The van der Waals surface area contributed by atoms with Gasteiger partial charge in [-0.05, 0) is 24.3 Å². The number of halogens is 2. The van der Waals surface area contributed by atoms with Gasteiger partial charge in [-0.25, -0.2) is 0 Å². The first-order valence-corrected chi connectivity index (χ1v) is 6.45. The minimum atomic E-state index is -0.648. The standard InChI is InChI=1S/C13H9Cl2N3O3/c14-9-5-4-7(6-10(9)15)17-13(19)8-2-1-3-11(12(8)16)18(20)21/h1-6H,16H2,(H,17,19). The zero-order chi connectivity index (χ0) is 15.6. The largest absolute Gasteiger partial charge is 0.393 e. The van der Waals surface area contributed by atoms with Gasteiger partial charge in [0, 0.05) is 11.8 Å². The fourth-order valence-electron chi connectivity index (χ4n) is 1.68. The van der Waals surface area contributed by atoms with E-state index in [0.717, 1.165) is 0 Å². The van der Waals surface area contributed by atoms with Crippen molar-refractivity contribution in [1.82, 2.24) is 0 Å². The van der Waals surface area contributed by atoms with Gasteiger partial charge in [-0.15, -0.1) is 0 Å². The van der Waals surface area contributed by atoms with Crippen molar-refractivity contribution in [2.75, 3.05) is 11.1 Å². The number of benzene rings is 2. The Hall–Kier alpha value is -2.31. The van der Waals surface area contributed by atoms with Crippen LogP contribution >= 0.6 is 23.2 Å². The SMILES string of the molecule is Nc1c(C(=O)Nc2ccc(Cl)c(Cl)c2)cccc1[N+](=O)[O-]. The van der Waals surface area contributed by atoms with Gasteiger partial charge in [-0.3, -0.25) is 14.9 Å². The van der Waals surface area contributed by atoms with Gasteiger partial charge in [0.05, 0.1) is 20.5 Å². The number of nitrogens with one attached hydrogen (secondary N) is 1. The molecular formula is C13H9Cl2N3O3. The molecule has 2 rings (SSSR count). The van der Waals surface area contributed by atoms with E-state index in [1.54, 1.807) is 6.07 Å². The van der Waals surface area contributed by atoms with Crippen LogP contribution in [-0.4, -0.2) is 10.8 Å². The molecule has 0 aliphatic carbocycles. The van der Waals surface area contributed by atoms with E-state index in [-0.39, 0.29) is 22.0 Å². The van der Waals surface area contributed by atoms with E-state index in [0.29, 0.717) is 10.7 Å². The summed E-state index contributed by atoms with van der Waals surface area (Å²) in [5.74, 6) is -0.574. The molecule has 3 N–H and O–H groups in total. The van der Waals surface area contributed by atoms with E-state index in [1.807, 2.05) is 0 Å². The number of para-hydroxylation sites is 1. The van der Waals surface area contributed by atoms with Crippen molar-refractivity contribution >= 4 is 46.2 Å². The Morgan fingerprint density at radius 2 is 1.90 bits per heavy atom. The van der Waals surface area contributed by atoms with Crippen molar-refractivity contribution in [3.8, 4) is 0 Å². The van der Waals surface area contributed by atoms with Crippen molar-refractivity contribution in [2.45, 2.75) is 0 Å². The number of nitrogens with two attached hydrogens (primary N) is 1. The fourth-order valence-corrected chi connectivity index (χ4v) is 1.98. The van der Waals surface area contributed by atoms with E-state index in [2.05, 4.69) is 5.32 Å². The molecule has 0 bridgehead atoms. The van der Waals surface area contributed by atoms with Crippen molar-refractivity contribution in [3.63, 3.8) is 0 Å². The Kier molecular flexibility index (Phi) is 4.30. The Morgan fingerprint density at radius 3 is 2.52 bits per heavy atom. The van der Waals surface area contributed by atoms with Gasteiger partial charge in [0.2, 0.25) is 0 Å². The average Bonchev–Trinajstić information content (AvgIpc) is 2.42. The number of carbonyl (C=O) groups excluding carboxylic acids is 1. The summed E-state index contributed by atoms with van der Waals surface area (Å²) in [7, 11) is 0. The monoisotopic (exact) mass is 325 g/mol. The molecule has 2 aromatic carbocycles. The van der Waals surface area contributed by atoms with Gasteiger partial charge < -0.3 is 11.1 Å². The van der Waals surface area contributed by atoms with Crippen molar-refractivity contribution in [2.24, 2.45) is 0 Å². The van der Waals surface area contributed by atoms with Crippen molar-refractivity contribution in [3.05, 3.63) is 62.1 Å². The maximum Gasteiger partial charge on any atom is 0.292 e. The first-order valence-electron chi connectivity index (χ1n) is 5.69. The predicted octanol–water partition coefficient (Wildman–Crippen LogP) is 3.74. The highest BCUT2D eigenvalue weighted by atomic mass is 35.5. The normalized spacial score (nSPS) is 10.2. The topological polar surface area (TPSA) is 98.3 Å². The number of nitrogen functional groups attached to an aromatic ring is 1. The van der Waals surface area contributed by atoms with Gasteiger partial charge in [-0.2, -0.15) is 0 Å². The smallest absolute Gasteiger partial charge is 0.292 e. The van der Waals surface area contributed by atoms with E-state index in [9.17, 15) is 14.9 Å². The molecule has 0 radical (unpaired) electrons. The highest BCUT2D eigenvalue weighted by Gasteiger charge is 2.19. The molecule has 0 saturated carbocycles. The third-order valence-electron chi connectivity index (χ3n) is 2.70. The van der Waals surface area contributed by atoms with Crippen LogP contribution < -0.4 is 11.1 Å². The van der Waals surface area contributed by atoms with Crippen LogP contribution in [0.5, 0.6) is 0 Å². The second-order valence-corrected chi connectivity index (χ2v) is 4.89. The molecule has 0 unspecified atom stereocenters. The predicted molar refractivity (Wildman–Crippen MR) is 81.9 cm³/mol. The van der Waals surface area contributed by atoms with E-state index in [1.165, 1.54) is 30.3 Å². The molecule has 0 aliphatic heterocycles. The Balaban J connectivity index is 2.30. The Morgan fingerprint density at radius 1 is 1.19 bits per heavy atom. The summed E-state index contributed by atoms with van der Waals surface area (Å²) < 4.78 is 0. The number of anilines is 2. The van der Waals surface area contributed by atoms with Crippen molar-refractivity contribution in [1.29, 1.82) is 0 Å². The third-order valence-corrected chi connectivity index (χ3v) is 3.44. The van der Waals surface area contributed by atoms with Crippen LogP contribution in [0.25, 0.3) is 0 Å². The van der Waals surface area contributed by atoms with Gasteiger partial charge in [0.15, 0.2) is 0 Å². The number of nitro groups is 1. The zero-order valence-corrected chi connectivity index (χ0v) is 12.0.